The second kappa shape index (κ2) is 9.89. The van der Waals surface area contributed by atoms with Crippen LogP contribution in [0.1, 0.15) is 24.2 Å². The number of amides is 3. The lowest BCUT2D eigenvalue weighted by Gasteiger charge is -2.40. The topological polar surface area (TPSA) is 82.7 Å². The second-order valence-electron chi connectivity index (χ2n) is 6.79. The van der Waals surface area contributed by atoms with E-state index in [9.17, 15) is 9.59 Å². The summed E-state index contributed by atoms with van der Waals surface area (Å²) < 4.78 is 6.22. The van der Waals surface area contributed by atoms with Gasteiger partial charge in [0, 0.05) is 48.3 Å². The zero-order chi connectivity index (χ0) is 19.0. The standard InChI is InChI=1S/C18H27BrN4O3/c1-18(2,23-8-10-26-11-9-23)13-22-17(25)21-7-6-20-16(24)14-4-3-5-15(19)12-14/h3-5,12H,6-11,13H2,1-2H3,(H,20,24)(H2,21,22,25). The minimum absolute atomic E-state index is 0.129. The fourth-order valence-corrected chi connectivity index (χ4v) is 3.12. The van der Waals surface area contributed by atoms with Crippen molar-refractivity contribution >= 4 is 27.9 Å². The number of halogens is 1. The van der Waals surface area contributed by atoms with Gasteiger partial charge in [0.1, 0.15) is 0 Å². The van der Waals surface area contributed by atoms with Gasteiger partial charge in [0.15, 0.2) is 0 Å². The van der Waals surface area contributed by atoms with Crippen molar-refractivity contribution in [3.63, 3.8) is 0 Å². The average Bonchev–Trinajstić information content (AvgIpc) is 2.64. The van der Waals surface area contributed by atoms with Crippen LogP contribution in [0, 0.1) is 0 Å². The summed E-state index contributed by atoms with van der Waals surface area (Å²) in [7, 11) is 0. The van der Waals surface area contributed by atoms with Crippen molar-refractivity contribution in [2.75, 3.05) is 45.9 Å². The molecule has 1 fully saturated rings. The third-order valence-electron chi connectivity index (χ3n) is 4.33. The highest BCUT2D eigenvalue weighted by molar-refractivity contribution is 9.10. The number of benzene rings is 1. The molecule has 1 aliphatic heterocycles. The average molecular weight is 427 g/mol. The molecule has 2 rings (SSSR count). The normalized spacial score (nSPS) is 15.3. The van der Waals surface area contributed by atoms with E-state index in [0.29, 0.717) is 25.2 Å². The molecule has 1 heterocycles. The summed E-state index contributed by atoms with van der Waals surface area (Å²) in [5.74, 6) is -0.165. The summed E-state index contributed by atoms with van der Waals surface area (Å²) in [6.07, 6.45) is 0. The van der Waals surface area contributed by atoms with E-state index in [4.69, 9.17) is 4.74 Å². The minimum Gasteiger partial charge on any atom is -0.379 e. The van der Waals surface area contributed by atoms with Gasteiger partial charge in [-0.15, -0.1) is 0 Å². The van der Waals surface area contributed by atoms with E-state index < -0.39 is 0 Å². The molecule has 8 heteroatoms. The van der Waals surface area contributed by atoms with Crippen molar-refractivity contribution in [3.8, 4) is 0 Å². The lowest BCUT2D eigenvalue weighted by molar-refractivity contribution is -0.00874. The summed E-state index contributed by atoms with van der Waals surface area (Å²) in [6.45, 7) is 8.70. The third-order valence-corrected chi connectivity index (χ3v) is 4.82. The lowest BCUT2D eigenvalue weighted by Crippen LogP contribution is -2.56. The van der Waals surface area contributed by atoms with Gasteiger partial charge in [-0.25, -0.2) is 4.79 Å². The van der Waals surface area contributed by atoms with Crippen molar-refractivity contribution < 1.29 is 14.3 Å². The molecule has 0 spiro atoms. The third kappa shape index (κ3) is 6.59. The quantitative estimate of drug-likeness (QED) is 0.578. The van der Waals surface area contributed by atoms with Crippen LogP contribution in [0.4, 0.5) is 4.79 Å². The maximum absolute atomic E-state index is 12.0. The first-order valence-corrected chi connectivity index (χ1v) is 9.56. The number of morpholine rings is 1. The number of carbonyl (C=O) groups excluding carboxylic acids is 2. The molecule has 1 saturated heterocycles. The Morgan fingerprint density at radius 3 is 2.54 bits per heavy atom. The maximum atomic E-state index is 12.0. The van der Waals surface area contributed by atoms with E-state index in [-0.39, 0.29) is 17.5 Å². The van der Waals surface area contributed by atoms with Crippen LogP contribution in [0.25, 0.3) is 0 Å². The van der Waals surface area contributed by atoms with Crippen molar-refractivity contribution in [1.82, 2.24) is 20.9 Å². The molecule has 26 heavy (non-hydrogen) atoms. The molecule has 0 atom stereocenters. The van der Waals surface area contributed by atoms with Gasteiger partial charge in [0.25, 0.3) is 5.91 Å². The van der Waals surface area contributed by atoms with Crippen LogP contribution in [-0.2, 0) is 4.74 Å². The van der Waals surface area contributed by atoms with Gasteiger partial charge in [-0.2, -0.15) is 0 Å². The minimum atomic E-state index is -0.233. The van der Waals surface area contributed by atoms with Gasteiger partial charge in [0.2, 0.25) is 0 Å². The predicted molar refractivity (Wildman–Crippen MR) is 104 cm³/mol. The number of rotatable bonds is 7. The molecule has 0 unspecified atom stereocenters. The van der Waals surface area contributed by atoms with E-state index in [1.165, 1.54) is 0 Å². The largest absolute Gasteiger partial charge is 0.379 e. The molecule has 3 amide bonds. The lowest BCUT2D eigenvalue weighted by atomic mass is 10.0. The van der Waals surface area contributed by atoms with Gasteiger partial charge in [-0.05, 0) is 32.0 Å². The molecule has 0 bridgehead atoms. The molecule has 1 aromatic carbocycles. The Kier molecular flexibility index (Phi) is 7.86. The van der Waals surface area contributed by atoms with Crippen LogP contribution in [-0.4, -0.2) is 68.3 Å². The highest BCUT2D eigenvalue weighted by Crippen LogP contribution is 2.15. The highest BCUT2D eigenvalue weighted by Gasteiger charge is 2.28. The first-order valence-electron chi connectivity index (χ1n) is 8.77. The molecule has 7 nitrogen and oxygen atoms in total. The van der Waals surface area contributed by atoms with Gasteiger partial charge >= 0.3 is 6.03 Å². The Morgan fingerprint density at radius 1 is 1.15 bits per heavy atom. The van der Waals surface area contributed by atoms with Crippen LogP contribution < -0.4 is 16.0 Å². The van der Waals surface area contributed by atoms with Crippen molar-refractivity contribution in [3.05, 3.63) is 34.3 Å². The smallest absolute Gasteiger partial charge is 0.314 e. The number of ether oxygens (including phenoxy) is 1. The van der Waals surface area contributed by atoms with Gasteiger partial charge in [-0.1, -0.05) is 22.0 Å². The monoisotopic (exact) mass is 426 g/mol. The Labute approximate surface area is 163 Å². The van der Waals surface area contributed by atoms with Gasteiger partial charge < -0.3 is 20.7 Å². The van der Waals surface area contributed by atoms with Crippen LogP contribution in [0.3, 0.4) is 0 Å². The summed E-state index contributed by atoms with van der Waals surface area (Å²) in [5, 5.41) is 8.44. The SMILES string of the molecule is CC(C)(CNC(=O)NCCNC(=O)c1cccc(Br)c1)N1CCOCC1. The van der Waals surface area contributed by atoms with E-state index in [0.717, 1.165) is 30.8 Å². The number of hydrogen-bond acceptors (Lipinski definition) is 4. The van der Waals surface area contributed by atoms with Crippen LogP contribution in [0.15, 0.2) is 28.7 Å². The molecular formula is C18H27BrN4O3. The molecule has 0 aliphatic carbocycles. The summed E-state index contributed by atoms with van der Waals surface area (Å²) in [6, 6.07) is 6.93. The van der Waals surface area contributed by atoms with Crippen LogP contribution in [0.2, 0.25) is 0 Å². The second-order valence-corrected chi connectivity index (χ2v) is 7.70. The van der Waals surface area contributed by atoms with Crippen LogP contribution >= 0.6 is 15.9 Å². The van der Waals surface area contributed by atoms with E-state index in [1.54, 1.807) is 18.2 Å². The van der Waals surface area contributed by atoms with Crippen molar-refractivity contribution in [1.29, 1.82) is 0 Å². The first kappa shape index (κ1) is 20.7. The molecule has 3 N–H and O–H groups in total. The Balaban J connectivity index is 1.63. The van der Waals surface area contributed by atoms with Crippen LogP contribution in [0.5, 0.6) is 0 Å². The van der Waals surface area contributed by atoms with E-state index in [2.05, 4.69) is 50.6 Å². The molecule has 1 aliphatic rings. The van der Waals surface area contributed by atoms with Crippen molar-refractivity contribution in [2.45, 2.75) is 19.4 Å². The zero-order valence-corrected chi connectivity index (χ0v) is 16.9. The zero-order valence-electron chi connectivity index (χ0n) is 15.3. The molecule has 1 aromatic rings. The maximum Gasteiger partial charge on any atom is 0.314 e. The number of hydrogen-bond donors (Lipinski definition) is 3. The van der Waals surface area contributed by atoms with E-state index in [1.807, 2.05) is 6.07 Å². The van der Waals surface area contributed by atoms with Gasteiger partial charge in [0.05, 0.1) is 13.2 Å². The molecule has 0 aromatic heterocycles. The number of urea groups is 1. The van der Waals surface area contributed by atoms with Crippen molar-refractivity contribution in [2.24, 2.45) is 0 Å². The molecule has 0 saturated carbocycles. The number of carbonyl (C=O) groups is 2. The summed E-state index contributed by atoms with van der Waals surface area (Å²) in [5.41, 5.74) is 0.451. The molecular weight excluding hydrogens is 400 g/mol. The number of nitrogens with zero attached hydrogens (tertiary/aromatic N) is 1. The fraction of sp³-hybridized carbons (Fsp3) is 0.556. The van der Waals surface area contributed by atoms with E-state index >= 15 is 0 Å². The first-order chi connectivity index (χ1) is 12.4. The highest BCUT2D eigenvalue weighted by atomic mass is 79.9. The summed E-state index contributed by atoms with van der Waals surface area (Å²) >= 11 is 3.34. The predicted octanol–water partition coefficient (Wildman–Crippen LogP) is 1.59. The summed E-state index contributed by atoms with van der Waals surface area (Å²) in [4.78, 5) is 26.3. The molecule has 0 radical (unpaired) electrons. The number of nitrogens with one attached hydrogen (secondary N) is 3. The fourth-order valence-electron chi connectivity index (χ4n) is 2.72. The Hall–Kier alpha value is -1.64. The molecule has 144 valence electrons. The Morgan fingerprint density at radius 2 is 1.85 bits per heavy atom. The van der Waals surface area contributed by atoms with Gasteiger partial charge in [-0.3, -0.25) is 9.69 Å². The Bertz CT molecular complexity index is 618.